The molecule has 0 aliphatic carbocycles. The number of benzene rings is 2. The first-order valence-electron chi connectivity index (χ1n) is 9.34. The highest BCUT2D eigenvalue weighted by Gasteiger charge is 2.11. The molecule has 3 aromatic heterocycles. The van der Waals surface area contributed by atoms with Gasteiger partial charge >= 0.3 is 0 Å². The van der Waals surface area contributed by atoms with E-state index in [2.05, 4.69) is 54.8 Å². The summed E-state index contributed by atoms with van der Waals surface area (Å²) < 4.78 is 5.51. The van der Waals surface area contributed by atoms with Gasteiger partial charge in [0, 0.05) is 41.6 Å². The third kappa shape index (κ3) is 3.34. The predicted molar refractivity (Wildman–Crippen MR) is 116 cm³/mol. The van der Waals surface area contributed by atoms with Gasteiger partial charge in [-0.05, 0) is 53.4 Å². The third-order valence-electron chi connectivity index (χ3n) is 4.90. The molecule has 0 radical (unpaired) electrons. The predicted octanol–water partition coefficient (Wildman–Crippen LogP) is 4.80. The number of methoxy groups -OCH3 is 1. The SMILES string of the molecule is COc1ccc2[nH]ccc2c1Nc1nccc(NCc2ccc3[nH]ccc3c2)n1. The highest BCUT2D eigenvalue weighted by atomic mass is 16.5. The van der Waals surface area contributed by atoms with Crippen molar-refractivity contribution in [2.45, 2.75) is 6.54 Å². The molecule has 0 unspecified atom stereocenters. The zero-order valence-corrected chi connectivity index (χ0v) is 15.9. The Labute approximate surface area is 167 Å². The van der Waals surface area contributed by atoms with E-state index in [0.717, 1.165) is 33.7 Å². The summed E-state index contributed by atoms with van der Waals surface area (Å²) in [4.78, 5) is 15.4. The molecule has 2 aromatic carbocycles. The van der Waals surface area contributed by atoms with Crippen LogP contribution in [0.5, 0.6) is 5.75 Å². The Morgan fingerprint density at radius 3 is 2.76 bits per heavy atom. The van der Waals surface area contributed by atoms with Crippen LogP contribution in [0, 0.1) is 0 Å². The lowest BCUT2D eigenvalue weighted by molar-refractivity contribution is 0.417. The van der Waals surface area contributed by atoms with Crippen molar-refractivity contribution < 1.29 is 4.74 Å². The van der Waals surface area contributed by atoms with E-state index in [1.165, 1.54) is 10.9 Å². The molecule has 0 atom stereocenters. The van der Waals surface area contributed by atoms with E-state index < -0.39 is 0 Å². The number of fused-ring (bicyclic) bond motifs is 2. The largest absolute Gasteiger partial charge is 0.495 e. The molecular formula is C22H20N6O. The Hall–Kier alpha value is -4.00. The number of aromatic nitrogens is 4. The fraction of sp³-hybridized carbons (Fsp3) is 0.0909. The van der Waals surface area contributed by atoms with Crippen LogP contribution in [0.1, 0.15) is 5.56 Å². The summed E-state index contributed by atoms with van der Waals surface area (Å²) in [6, 6.07) is 16.2. The van der Waals surface area contributed by atoms with Crippen LogP contribution in [0.3, 0.4) is 0 Å². The zero-order valence-electron chi connectivity index (χ0n) is 15.9. The van der Waals surface area contributed by atoms with Crippen LogP contribution in [0.15, 0.2) is 67.1 Å². The molecule has 0 spiro atoms. The summed E-state index contributed by atoms with van der Waals surface area (Å²) in [5, 5.41) is 8.88. The Balaban J connectivity index is 1.36. The third-order valence-corrected chi connectivity index (χ3v) is 4.90. The maximum atomic E-state index is 5.51. The van der Waals surface area contributed by atoms with Crippen LogP contribution in [-0.2, 0) is 6.54 Å². The van der Waals surface area contributed by atoms with Crippen LogP contribution >= 0.6 is 0 Å². The average molecular weight is 384 g/mol. The van der Waals surface area contributed by atoms with E-state index in [1.807, 2.05) is 36.7 Å². The van der Waals surface area contributed by atoms with E-state index in [4.69, 9.17) is 4.74 Å². The Kier molecular flexibility index (Phi) is 4.25. The van der Waals surface area contributed by atoms with Gasteiger partial charge in [0.1, 0.15) is 11.6 Å². The highest BCUT2D eigenvalue weighted by Crippen LogP contribution is 2.34. The van der Waals surface area contributed by atoms with Gasteiger partial charge in [0.25, 0.3) is 0 Å². The molecule has 0 saturated carbocycles. The van der Waals surface area contributed by atoms with E-state index in [9.17, 15) is 0 Å². The Bertz CT molecular complexity index is 1290. The quantitative estimate of drug-likeness (QED) is 0.337. The van der Waals surface area contributed by atoms with Crippen molar-refractivity contribution in [3.8, 4) is 5.75 Å². The number of anilines is 3. The summed E-state index contributed by atoms with van der Waals surface area (Å²) in [6.45, 7) is 0.675. The number of hydrogen-bond donors (Lipinski definition) is 4. The van der Waals surface area contributed by atoms with Crippen LogP contribution in [0.4, 0.5) is 17.5 Å². The van der Waals surface area contributed by atoms with Gasteiger partial charge in [0.2, 0.25) is 5.95 Å². The Morgan fingerprint density at radius 2 is 1.83 bits per heavy atom. The van der Waals surface area contributed by atoms with Crippen LogP contribution in [-0.4, -0.2) is 27.0 Å². The number of H-pyrrole nitrogens is 2. The molecule has 5 aromatic rings. The van der Waals surface area contributed by atoms with Crippen LogP contribution in [0.25, 0.3) is 21.8 Å². The summed E-state index contributed by atoms with van der Waals surface area (Å²) in [7, 11) is 1.65. The maximum Gasteiger partial charge on any atom is 0.229 e. The van der Waals surface area contributed by atoms with Crippen molar-refractivity contribution in [2.24, 2.45) is 0 Å². The van der Waals surface area contributed by atoms with Crippen molar-refractivity contribution in [3.05, 3.63) is 72.7 Å². The first-order valence-corrected chi connectivity index (χ1v) is 9.34. The lowest BCUT2D eigenvalue weighted by atomic mass is 10.1. The summed E-state index contributed by atoms with van der Waals surface area (Å²) in [5.74, 6) is 1.99. The van der Waals surface area contributed by atoms with Gasteiger partial charge in [-0.15, -0.1) is 0 Å². The fourth-order valence-electron chi connectivity index (χ4n) is 3.45. The molecule has 0 fully saturated rings. The molecule has 4 N–H and O–H groups in total. The molecule has 29 heavy (non-hydrogen) atoms. The van der Waals surface area contributed by atoms with E-state index >= 15 is 0 Å². The maximum absolute atomic E-state index is 5.51. The van der Waals surface area contributed by atoms with E-state index in [0.29, 0.717) is 12.5 Å². The van der Waals surface area contributed by atoms with Gasteiger partial charge < -0.3 is 25.3 Å². The molecule has 144 valence electrons. The van der Waals surface area contributed by atoms with Crippen molar-refractivity contribution in [2.75, 3.05) is 17.7 Å². The average Bonchev–Trinajstić information content (AvgIpc) is 3.42. The second-order valence-corrected chi connectivity index (χ2v) is 6.73. The molecule has 0 aliphatic heterocycles. The van der Waals surface area contributed by atoms with Crippen LogP contribution < -0.4 is 15.4 Å². The van der Waals surface area contributed by atoms with Gasteiger partial charge in [-0.25, -0.2) is 4.98 Å². The van der Waals surface area contributed by atoms with Gasteiger partial charge in [-0.3, -0.25) is 0 Å². The fourth-order valence-corrected chi connectivity index (χ4v) is 3.45. The second-order valence-electron chi connectivity index (χ2n) is 6.73. The Morgan fingerprint density at radius 1 is 0.966 bits per heavy atom. The summed E-state index contributed by atoms with van der Waals surface area (Å²) in [6.07, 6.45) is 5.58. The summed E-state index contributed by atoms with van der Waals surface area (Å²) in [5.41, 5.74) is 4.17. The van der Waals surface area contributed by atoms with Crippen LogP contribution in [0.2, 0.25) is 0 Å². The van der Waals surface area contributed by atoms with E-state index in [-0.39, 0.29) is 0 Å². The molecule has 0 saturated heterocycles. The van der Waals surface area contributed by atoms with Gasteiger partial charge in [-0.2, -0.15) is 4.98 Å². The van der Waals surface area contributed by atoms with Gasteiger partial charge in [0.15, 0.2) is 0 Å². The van der Waals surface area contributed by atoms with E-state index in [1.54, 1.807) is 13.3 Å². The number of hydrogen-bond acceptors (Lipinski definition) is 5. The van der Waals surface area contributed by atoms with Crippen molar-refractivity contribution in [1.82, 2.24) is 19.9 Å². The molecule has 0 bridgehead atoms. The second kappa shape index (κ2) is 7.20. The lowest BCUT2D eigenvalue weighted by Crippen LogP contribution is -2.05. The minimum absolute atomic E-state index is 0.503. The number of aromatic amines is 2. The monoisotopic (exact) mass is 384 g/mol. The van der Waals surface area contributed by atoms with Crippen molar-refractivity contribution in [1.29, 1.82) is 0 Å². The molecular weight excluding hydrogens is 364 g/mol. The first-order chi connectivity index (χ1) is 14.3. The molecule has 0 aliphatic rings. The topological polar surface area (TPSA) is 90.6 Å². The highest BCUT2D eigenvalue weighted by molar-refractivity contribution is 5.96. The molecule has 5 rings (SSSR count). The minimum Gasteiger partial charge on any atom is -0.495 e. The summed E-state index contributed by atoms with van der Waals surface area (Å²) >= 11 is 0. The van der Waals surface area contributed by atoms with Gasteiger partial charge in [-0.1, -0.05) is 6.07 Å². The normalized spacial score (nSPS) is 11.1. The smallest absolute Gasteiger partial charge is 0.229 e. The zero-order chi connectivity index (χ0) is 19.6. The van der Waals surface area contributed by atoms with Crippen molar-refractivity contribution >= 4 is 39.3 Å². The standard InChI is InChI=1S/C22H20N6O/c1-29-19-5-4-18-16(7-10-24-18)21(19)28-22-25-11-8-20(27-22)26-13-14-2-3-17-15(12-14)6-9-23-17/h2-12,23-24H,13H2,1H3,(H2,25,26,27,28). The first kappa shape index (κ1) is 17.1. The number of nitrogens with one attached hydrogen (secondary N) is 4. The molecule has 3 heterocycles. The lowest BCUT2D eigenvalue weighted by Gasteiger charge is -2.12. The molecule has 7 nitrogen and oxygen atoms in total. The number of ether oxygens (including phenoxy) is 1. The molecule has 0 amide bonds. The van der Waals surface area contributed by atoms with Gasteiger partial charge in [0.05, 0.1) is 12.8 Å². The number of rotatable bonds is 6. The number of nitrogens with zero attached hydrogens (tertiary/aromatic N) is 2. The minimum atomic E-state index is 0.503. The van der Waals surface area contributed by atoms with Crippen molar-refractivity contribution in [3.63, 3.8) is 0 Å². The molecule has 7 heteroatoms.